The monoisotopic (exact) mass is 577 g/mol. The normalized spacial score (nSPS) is 31.3. The van der Waals surface area contributed by atoms with Crippen molar-refractivity contribution in [3.05, 3.63) is 76.9 Å². The van der Waals surface area contributed by atoms with Gasteiger partial charge < -0.3 is 25.2 Å². The first kappa shape index (κ1) is 27.8. The summed E-state index contributed by atoms with van der Waals surface area (Å²) in [5, 5.41) is 17.3. The number of para-hydroxylation sites is 1. The van der Waals surface area contributed by atoms with Gasteiger partial charge in [-0.05, 0) is 110 Å². The van der Waals surface area contributed by atoms with Crippen LogP contribution in [0.25, 0.3) is 0 Å². The van der Waals surface area contributed by atoms with Crippen molar-refractivity contribution in [2.24, 2.45) is 28.2 Å². The van der Waals surface area contributed by atoms with Crippen LogP contribution in [0.1, 0.15) is 63.9 Å². The van der Waals surface area contributed by atoms with Crippen LogP contribution in [0.2, 0.25) is 0 Å². The third-order valence-electron chi connectivity index (χ3n) is 10.4. The molecule has 2 saturated carbocycles. The van der Waals surface area contributed by atoms with E-state index in [0.29, 0.717) is 11.8 Å². The minimum absolute atomic E-state index is 0.0235. The molecule has 43 heavy (non-hydrogen) atoms. The number of allylic oxidation sites excluding steroid dienone is 4. The van der Waals surface area contributed by atoms with E-state index in [9.17, 15) is 9.90 Å². The van der Waals surface area contributed by atoms with Gasteiger partial charge in [0.1, 0.15) is 6.67 Å². The molecule has 0 aromatic heterocycles. The van der Waals surface area contributed by atoms with Crippen molar-refractivity contribution in [3.8, 4) is 23.3 Å². The lowest BCUT2D eigenvalue weighted by Gasteiger charge is -2.52. The predicted octanol–water partition coefficient (Wildman–Crippen LogP) is 6.58. The summed E-state index contributed by atoms with van der Waals surface area (Å²) in [4.78, 5) is 17.1. The quantitative estimate of drug-likeness (QED) is 0.358. The Kier molecular flexibility index (Phi) is 7.26. The molecule has 0 spiro atoms. The Labute approximate surface area is 253 Å². The number of urea groups is 1. The molecule has 2 amide bonds. The van der Waals surface area contributed by atoms with E-state index < -0.39 is 6.10 Å². The number of aliphatic imine (C=N–C) groups is 1. The summed E-state index contributed by atoms with van der Waals surface area (Å²) < 4.78 is 11.4. The number of fused-ring (bicyclic) bond motifs is 5. The van der Waals surface area contributed by atoms with Crippen LogP contribution in [-0.4, -0.2) is 36.4 Å². The fourth-order valence-corrected chi connectivity index (χ4v) is 8.49. The maximum absolute atomic E-state index is 12.3. The molecule has 0 bridgehead atoms. The van der Waals surface area contributed by atoms with E-state index in [-0.39, 0.29) is 36.7 Å². The zero-order chi connectivity index (χ0) is 29.6. The number of hydrogen-bond donors (Lipinski definition) is 3. The Morgan fingerprint density at radius 1 is 1.12 bits per heavy atom. The van der Waals surface area contributed by atoms with E-state index in [0.717, 1.165) is 61.4 Å². The first-order valence-corrected chi connectivity index (χ1v) is 15.5. The van der Waals surface area contributed by atoms with Crippen LogP contribution in [0.15, 0.2) is 76.3 Å². The van der Waals surface area contributed by atoms with Crippen molar-refractivity contribution in [1.82, 2.24) is 5.32 Å². The zero-order valence-electron chi connectivity index (χ0n) is 24.9. The van der Waals surface area contributed by atoms with E-state index >= 15 is 0 Å². The number of ether oxygens (including phenoxy) is 2. The summed E-state index contributed by atoms with van der Waals surface area (Å²) in [7, 11) is 0. The van der Waals surface area contributed by atoms with Gasteiger partial charge in [-0.15, -0.1) is 5.92 Å². The Bertz CT molecular complexity index is 1580. The molecule has 1 heterocycles. The molecule has 3 N–H and O–H groups in total. The van der Waals surface area contributed by atoms with Crippen LogP contribution in [0.4, 0.5) is 10.5 Å². The largest absolute Gasteiger partial charge is 0.454 e. The number of benzene rings is 2. The molecule has 7 heteroatoms. The number of rotatable bonds is 4. The molecule has 6 atom stereocenters. The number of aliphatic hydroxyl groups is 1. The number of carbonyl (C=O) groups excluding carboxylic acids is 1. The van der Waals surface area contributed by atoms with Gasteiger partial charge in [0.15, 0.2) is 11.5 Å². The summed E-state index contributed by atoms with van der Waals surface area (Å²) in [6.45, 7) is 4.68. The summed E-state index contributed by atoms with van der Waals surface area (Å²) in [5.74, 6) is 9.09. The molecule has 7 rings (SSSR count). The molecule has 2 aromatic rings. The molecule has 0 radical (unpaired) electrons. The lowest BCUT2D eigenvalue weighted by molar-refractivity contribution is -0.0102. The highest BCUT2D eigenvalue weighted by Gasteiger charge is 2.59. The summed E-state index contributed by atoms with van der Waals surface area (Å²) in [5.41, 5.74) is 7.24. The summed E-state index contributed by atoms with van der Waals surface area (Å²) >= 11 is 0. The van der Waals surface area contributed by atoms with Crippen molar-refractivity contribution in [1.29, 1.82) is 0 Å². The zero-order valence-corrected chi connectivity index (χ0v) is 24.9. The van der Waals surface area contributed by atoms with E-state index in [4.69, 9.17) is 14.5 Å². The van der Waals surface area contributed by atoms with E-state index in [1.807, 2.05) is 43.3 Å². The average Bonchev–Trinajstić information content (AvgIpc) is 3.59. The second-order valence-electron chi connectivity index (χ2n) is 12.7. The van der Waals surface area contributed by atoms with Crippen LogP contribution >= 0.6 is 0 Å². The standard InChI is InChI=1S/C36H39N3O4/c1-3-7-24-17-30-28-13-10-22-16-26(37-20-38-35(41)39-25-8-5-4-6-9-25)12-14-27(22)33(28)29(19-36(30,2)34(24)40)23-11-15-31-32(18-23)43-21-42-31/h4-6,8-9,11,15-16,18,24,28-30,34,40H,10,12-14,17,19-21H2,1-2H3,(H2,38,39,41)/t24?,28-,29+,30?,34-,36-/m0/s1. The number of amides is 2. The topological polar surface area (TPSA) is 92.2 Å². The smallest absolute Gasteiger partial charge is 0.320 e. The SMILES string of the molecule is CC#CC1CC2[C@@H]3CCC4=CC(=NCNC(=O)Nc5ccccc5)CCC4=C3[C@@H](c3ccc4c(c3)OCO4)C[C@]2(C)[C@H]1O. The molecule has 222 valence electrons. The average molecular weight is 578 g/mol. The first-order valence-electron chi connectivity index (χ1n) is 15.5. The number of nitrogens with zero attached hydrogens (tertiary/aromatic N) is 1. The van der Waals surface area contributed by atoms with Crippen molar-refractivity contribution in [2.75, 3.05) is 18.8 Å². The summed E-state index contributed by atoms with van der Waals surface area (Å²) in [6.07, 6.45) is 7.54. The van der Waals surface area contributed by atoms with Crippen LogP contribution in [0, 0.1) is 35.0 Å². The van der Waals surface area contributed by atoms with Crippen molar-refractivity contribution < 1.29 is 19.4 Å². The molecular weight excluding hydrogens is 538 g/mol. The van der Waals surface area contributed by atoms with Crippen LogP contribution < -0.4 is 20.1 Å². The van der Waals surface area contributed by atoms with Crippen LogP contribution in [-0.2, 0) is 0 Å². The highest BCUT2D eigenvalue weighted by atomic mass is 16.7. The van der Waals surface area contributed by atoms with E-state index in [1.54, 1.807) is 5.57 Å². The molecule has 7 nitrogen and oxygen atoms in total. The maximum Gasteiger partial charge on any atom is 0.320 e. The fourth-order valence-electron chi connectivity index (χ4n) is 8.49. The van der Waals surface area contributed by atoms with E-state index in [2.05, 4.69) is 47.6 Å². The molecule has 5 aliphatic rings. The second-order valence-corrected chi connectivity index (χ2v) is 12.7. The van der Waals surface area contributed by atoms with Gasteiger partial charge in [-0.2, -0.15) is 0 Å². The highest BCUT2D eigenvalue weighted by molar-refractivity contribution is 5.98. The predicted molar refractivity (Wildman–Crippen MR) is 167 cm³/mol. The van der Waals surface area contributed by atoms with Gasteiger partial charge in [0.25, 0.3) is 0 Å². The van der Waals surface area contributed by atoms with Gasteiger partial charge in [-0.1, -0.05) is 42.7 Å². The van der Waals surface area contributed by atoms with Gasteiger partial charge in [-0.3, -0.25) is 4.99 Å². The maximum atomic E-state index is 12.3. The minimum atomic E-state index is -0.429. The van der Waals surface area contributed by atoms with Gasteiger partial charge in [0, 0.05) is 23.2 Å². The number of nitrogens with one attached hydrogen (secondary N) is 2. The Morgan fingerprint density at radius 2 is 1.95 bits per heavy atom. The number of hydrogen-bond acceptors (Lipinski definition) is 5. The molecule has 2 fully saturated rings. The van der Waals surface area contributed by atoms with Gasteiger partial charge in [0.05, 0.1) is 6.10 Å². The first-order chi connectivity index (χ1) is 20.9. The Balaban J connectivity index is 1.18. The van der Waals surface area contributed by atoms with Crippen molar-refractivity contribution in [2.45, 2.75) is 64.4 Å². The van der Waals surface area contributed by atoms with Gasteiger partial charge in [0.2, 0.25) is 6.79 Å². The fraction of sp³-hybridized carbons (Fsp3) is 0.444. The van der Waals surface area contributed by atoms with Crippen molar-refractivity contribution >= 4 is 17.4 Å². The second kappa shape index (κ2) is 11.2. The van der Waals surface area contributed by atoms with Gasteiger partial charge in [-0.25, -0.2) is 4.79 Å². The molecule has 2 unspecified atom stereocenters. The molecule has 4 aliphatic carbocycles. The summed E-state index contributed by atoms with van der Waals surface area (Å²) in [6, 6.07) is 15.5. The minimum Gasteiger partial charge on any atom is -0.454 e. The lowest BCUT2D eigenvalue weighted by Crippen LogP contribution is -2.45. The number of carbonyl (C=O) groups is 1. The molecule has 1 aliphatic heterocycles. The number of anilines is 1. The number of aliphatic hydroxyl groups excluding tert-OH is 1. The Hall–Kier alpha value is -4.02. The van der Waals surface area contributed by atoms with Crippen LogP contribution in [0.3, 0.4) is 0 Å². The Morgan fingerprint density at radius 3 is 2.79 bits per heavy atom. The van der Waals surface area contributed by atoms with Crippen molar-refractivity contribution in [3.63, 3.8) is 0 Å². The molecular formula is C36H39N3O4. The third-order valence-corrected chi connectivity index (χ3v) is 10.4. The van der Waals surface area contributed by atoms with Gasteiger partial charge >= 0.3 is 6.03 Å². The molecule has 2 aromatic carbocycles. The highest BCUT2D eigenvalue weighted by Crippen LogP contribution is 2.65. The third kappa shape index (κ3) is 5.02. The molecule has 0 saturated heterocycles. The van der Waals surface area contributed by atoms with E-state index in [1.165, 1.54) is 16.7 Å². The lowest BCUT2D eigenvalue weighted by atomic mass is 9.53. The van der Waals surface area contributed by atoms with Crippen LogP contribution in [0.5, 0.6) is 11.5 Å².